The molecule has 2 amide bonds. The number of primary amides is 1. The predicted molar refractivity (Wildman–Crippen MR) is 101 cm³/mol. The van der Waals surface area contributed by atoms with Gasteiger partial charge in [-0.1, -0.05) is 17.8 Å². The smallest absolute Gasteiger partial charge is 0.251 e. The van der Waals surface area contributed by atoms with Crippen molar-refractivity contribution in [1.29, 1.82) is 0 Å². The number of hydrogen-bond acceptors (Lipinski definition) is 7. The number of carbonyl (C=O) groups excluding carboxylic acids is 2. The lowest BCUT2D eigenvalue weighted by atomic mass is 10.3. The maximum absolute atomic E-state index is 12.4. The van der Waals surface area contributed by atoms with Gasteiger partial charge in [-0.15, -0.1) is 32.9 Å². The molecule has 0 radical (unpaired) electrons. The first-order valence-electron chi connectivity index (χ1n) is 7.25. The zero-order valence-electron chi connectivity index (χ0n) is 13.4. The lowest BCUT2D eigenvalue weighted by molar-refractivity contribution is -0.115. The van der Waals surface area contributed by atoms with Crippen LogP contribution in [0.15, 0.2) is 34.1 Å². The molecular formula is C15H15N5O2S3. The molecule has 1 atom stereocenters. The molecule has 3 heterocycles. The number of anilines is 1. The number of nitrogens with one attached hydrogen (secondary N) is 1. The lowest BCUT2D eigenvalue weighted by Crippen LogP contribution is -2.24. The second-order valence-electron chi connectivity index (χ2n) is 5.12. The highest BCUT2D eigenvalue weighted by atomic mass is 32.2. The van der Waals surface area contributed by atoms with Crippen molar-refractivity contribution in [2.45, 2.75) is 17.3 Å². The summed E-state index contributed by atoms with van der Waals surface area (Å²) in [5, 5.41) is 15.5. The van der Waals surface area contributed by atoms with E-state index >= 15 is 0 Å². The van der Waals surface area contributed by atoms with E-state index in [4.69, 9.17) is 5.73 Å². The van der Waals surface area contributed by atoms with Crippen molar-refractivity contribution in [3.63, 3.8) is 0 Å². The molecule has 0 bridgehead atoms. The summed E-state index contributed by atoms with van der Waals surface area (Å²) in [7, 11) is 1.87. The Bertz CT molecular complexity index is 900. The number of amides is 2. The fourth-order valence-electron chi connectivity index (χ4n) is 2.06. The van der Waals surface area contributed by atoms with E-state index in [1.807, 2.05) is 29.1 Å². The molecule has 3 aromatic heterocycles. The Kier molecular flexibility index (Phi) is 5.21. The fourth-order valence-corrected chi connectivity index (χ4v) is 4.42. The van der Waals surface area contributed by atoms with E-state index in [2.05, 4.69) is 15.5 Å². The van der Waals surface area contributed by atoms with Crippen LogP contribution in [0.5, 0.6) is 0 Å². The number of hydrogen-bond donors (Lipinski definition) is 2. The highest BCUT2D eigenvalue weighted by Crippen LogP contribution is 2.29. The second-order valence-corrected chi connectivity index (χ2v) is 8.29. The standard InChI is InChI=1S/C15H15N5O2S3/c1-8(13(22)17-14-9(11(16)21)5-7-24-14)25-15-19-18-12(20(15)2)10-4-3-6-23-10/h3-8H,1-2H3,(H2,16,21)(H,17,22). The van der Waals surface area contributed by atoms with Gasteiger partial charge in [-0.05, 0) is 29.8 Å². The van der Waals surface area contributed by atoms with Gasteiger partial charge in [-0.25, -0.2) is 0 Å². The molecule has 0 aromatic carbocycles. The van der Waals surface area contributed by atoms with Crippen LogP contribution in [-0.2, 0) is 11.8 Å². The van der Waals surface area contributed by atoms with Gasteiger partial charge >= 0.3 is 0 Å². The highest BCUT2D eigenvalue weighted by molar-refractivity contribution is 8.00. The Balaban J connectivity index is 1.70. The van der Waals surface area contributed by atoms with Crippen LogP contribution in [0.25, 0.3) is 10.7 Å². The molecule has 0 aliphatic rings. The van der Waals surface area contributed by atoms with E-state index in [-0.39, 0.29) is 5.91 Å². The summed E-state index contributed by atoms with van der Waals surface area (Å²) in [6, 6.07) is 5.52. The molecule has 3 rings (SSSR count). The Labute approximate surface area is 156 Å². The first-order valence-corrected chi connectivity index (χ1v) is 9.89. The predicted octanol–water partition coefficient (Wildman–Crippen LogP) is 2.82. The van der Waals surface area contributed by atoms with E-state index in [9.17, 15) is 9.59 Å². The van der Waals surface area contributed by atoms with Gasteiger partial charge in [0.15, 0.2) is 11.0 Å². The van der Waals surface area contributed by atoms with Crippen LogP contribution in [0.1, 0.15) is 17.3 Å². The number of thiophene rings is 2. The molecule has 25 heavy (non-hydrogen) atoms. The molecule has 0 aliphatic carbocycles. The Hall–Kier alpha value is -2.17. The van der Waals surface area contributed by atoms with E-state index in [1.54, 1.807) is 29.7 Å². The van der Waals surface area contributed by atoms with Gasteiger partial charge in [-0.2, -0.15) is 0 Å². The van der Waals surface area contributed by atoms with Crippen LogP contribution in [0.3, 0.4) is 0 Å². The van der Waals surface area contributed by atoms with Crippen LogP contribution in [0.2, 0.25) is 0 Å². The third kappa shape index (κ3) is 3.75. The largest absolute Gasteiger partial charge is 0.366 e. The van der Waals surface area contributed by atoms with Crippen LogP contribution < -0.4 is 11.1 Å². The quantitative estimate of drug-likeness (QED) is 0.627. The minimum absolute atomic E-state index is 0.226. The van der Waals surface area contributed by atoms with Crippen molar-refractivity contribution < 1.29 is 9.59 Å². The molecule has 0 fully saturated rings. The minimum Gasteiger partial charge on any atom is -0.366 e. The van der Waals surface area contributed by atoms with Crippen molar-refractivity contribution in [3.8, 4) is 10.7 Å². The van der Waals surface area contributed by atoms with Gasteiger partial charge < -0.3 is 15.6 Å². The van der Waals surface area contributed by atoms with Crippen molar-refractivity contribution in [1.82, 2.24) is 14.8 Å². The molecular weight excluding hydrogens is 378 g/mol. The van der Waals surface area contributed by atoms with Crippen molar-refractivity contribution in [3.05, 3.63) is 34.5 Å². The Morgan fingerprint density at radius 1 is 1.28 bits per heavy atom. The van der Waals surface area contributed by atoms with E-state index in [1.165, 1.54) is 23.1 Å². The average molecular weight is 394 g/mol. The topological polar surface area (TPSA) is 103 Å². The summed E-state index contributed by atoms with van der Waals surface area (Å²) >= 11 is 4.15. The van der Waals surface area contributed by atoms with Gasteiger partial charge in [0.2, 0.25) is 5.91 Å². The lowest BCUT2D eigenvalue weighted by Gasteiger charge is -2.11. The van der Waals surface area contributed by atoms with Gasteiger partial charge in [0.05, 0.1) is 15.7 Å². The first-order chi connectivity index (χ1) is 12.0. The third-order valence-electron chi connectivity index (χ3n) is 3.40. The number of aromatic nitrogens is 3. The maximum Gasteiger partial charge on any atom is 0.251 e. The van der Waals surface area contributed by atoms with Crippen molar-refractivity contribution in [2.24, 2.45) is 12.8 Å². The molecule has 130 valence electrons. The molecule has 10 heteroatoms. The SMILES string of the molecule is CC(Sc1nnc(-c2cccs2)n1C)C(=O)Nc1sccc1C(N)=O. The summed E-state index contributed by atoms with van der Waals surface area (Å²) in [4.78, 5) is 24.8. The molecule has 3 N–H and O–H groups in total. The van der Waals surface area contributed by atoms with Gasteiger partial charge in [0, 0.05) is 7.05 Å². The third-order valence-corrected chi connectivity index (χ3v) is 6.22. The van der Waals surface area contributed by atoms with Crippen molar-refractivity contribution >= 4 is 51.3 Å². The molecule has 0 saturated heterocycles. The summed E-state index contributed by atoms with van der Waals surface area (Å²) in [5.74, 6) is -0.0271. The molecule has 0 saturated carbocycles. The zero-order valence-corrected chi connectivity index (χ0v) is 15.9. The zero-order chi connectivity index (χ0) is 18.0. The van der Waals surface area contributed by atoms with Crippen LogP contribution in [-0.4, -0.2) is 31.8 Å². The Morgan fingerprint density at radius 3 is 2.76 bits per heavy atom. The van der Waals surface area contributed by atoms with E-state index < -0.39 is 11.2 Å². The normalized spacial score (nSPS) is 12.1. The number of carbonyl (C=O) groups is 2. The number of nitrogens with two attached hydrogens (primary N) is 1. The van der Waals surface area contributed by atoms with Gasteiger partial charge in [0.25, 0.3) is 5.91 Å². The van der Waals surface area contributed by atoms with Crippen molar-refractivity contribution in [2.75, 3.05) is 5.32 Å². The Morgan fingerprint density at radius 2 is 2.08 bits per heavy atom. The van der Waals surface area contributed by atoms with Crippen LogP contribution in [0, 0.1) is 0 Å². The monoisotopic (exact) mass is 393 g/mol. The molecule has 3 aromatic rings. The minimum atomic E-state index is -0.564. The second kappa shape index (κ2) is 7.38. The number of thioether (sulfide) groups is 1. The first kappa shape index (κ1) is 17.6. The van der Waals surface area contributed by atoms with Gasteiger partial charge in [-0.3, -0.25) is 9.59 Å². The summed E-state index contributed by atoms with van der Waals surface area (Å²) < 4.78 is 1.86. The van der Waals surface area contributed by atoms with E-state index in [0.29, 0.717) is 15.7 Å². The van der Waals surface area contributed by atoms with Crippen LogP contribution in [0.4, 0.5) is 5.00 Å². The molecule has 1 unspecified atom stereocenters. The van der Waals surface area contributed by atoms with Crippen LogP contribution >= 0.6 is 34.4 Å². The summed E-state index contributed by atoms with van der Waals surface area (Å²) in [5.41, 5.74) is 5.61. The number of nitrogens with zero attached hydrogens (tertiary/aromatic N) is 3. The molecule has 7 nitrogen and oxygen atoms in total. The molecule has 0 spiro atoms. The summed E-state index contributed by atoms with van der Waals surface area (Å²) in [6.07, 6.45) is 0. The summed E-state index contributed by atoms with van der Waals surface area (Å²) in [6.45, 7) is 1.77. The van der Waals surface area contributed by atoms with E-state index in [0.717, 1.165) is 10.7 Å². The average Bonchev–Trinajstić information content (AvgIpc) is 3.29. The molecule has 0 aliphatic heterocycles. The fraction of sp³-hybridized carbons (Fsp3) is 0.200. The highest BCUT2D eigenvalue weighted by Gasteiger charge is 2.21. The maximum atomic E-state index is 12.4. The van der Waals surface area contributed by atoms with Gasteiger partial charge in [0.1, 0.15) is 5.00 Å². The number of rotatable bonds is 6.